The van der Waals surface area contributed by atoms with Crippen LogP contribution in [0.4, 0.5) is 5.69 Å². The summed E-state index contributed by atoms with van der Waals surface area (Å²) >= 11 is 10.5. The Morgan fingerprint density at radius 2 is 2.27 bits per heavy atom. The molecule has 0 spiro atoms. The molecule has 6 heteroatoms. The molecular weight excluding hydrogens is 236 g/mol. The van der Waals surface area contributed by atoms with E-state index in [-0.39, 0.29) is 15.7 Å². The van der Waals surface area contributed by atoms with Gasteiger partial charge in [-0.2, -0.15) is 0 Å². The fraction of sp³-hybridized carbons (Fsp3) is 0.111. The summed E-state index contributed by atoms with van der Waals surface area (Å²) < 4.78 is 4.59. The molecule has 3 N–H and O–H groups in total. The molecule has 0 aliphatic rings. The molecular formula is C9H9ClN2O2S. The van der Waals surface area contributed by atoms with E-state index in [0.29, 0.717) is 5.69 Å². The Hall–Kier alpha value is -1.33. The molecule has 0 fully saturated rings. The quantitative estimate of drug-likeness (QED) is 0.613. The topological polar surface area (TPSA) is 64.3 Å². The van der Waals surface area contributed by atoms with E-state index in [1.54, 1.807) is 18.2 Å². The van der Waals surface area contributed by atoms with Crippen molar-refractivity contribution >= 4 is 40.6 Å². The lowest BCUT2D eigenvalue weighted by atomic mass is 10.2. The van der Waals surface area contributed by atoms with Crippen molar-refractivity contribution < 1.29 is 9.53 Å². The number of thiocarbonyl (C=S) groups is 1. The van der Waals surface area contributed by atoms with Crippen molar-refractivity contribution in [3.8, 4) is 0 Å². The summed E-state index contributed by atoms with van der Waals surface area (Å²) in [7, 11) is 1.27. The Labute approximate surface area is 97.4 Å². The fourth-order valence-electron chi connectivity index (χ4n) is 1.07. The summed E-state index contributed by atoms with van der Waals surface area (Å²) in [5.74, 6) is -0.542. The molecule has 80 valence electrons. The standard InChI is InChI=1S/C9H9ClN2O2S/c1-14-8(13)7-5(10)3-2-4-6(7)12-9(11)15/h2-4H,1H3,(H3,11,12,15). The van der Waals surface area contributed by atoms with Gasteiger partial charge in [-0.1, -0.05) is 17.7 Å². The minimum atomic E-state index is -0.542. The van der Waals surface area contributed by atoms with Gasteiger partial charge < -0.3 is 15.8 Å². The average Bonchev–Trinajstić information content (AvgIpc) is 2.16. The van der Waals surface area contributed by atoms with E-state index in [4.69, 9.17) is 17.3 Å². The maximum atomic E-state index is 11.4. The minimum Gasteiger partial charge on any atom is -0.465 e. The smallest absolute Gasteiger partial charge is 0.341 e. The van der Waals surface area contributed by atoms with Crippen molar-refractivity contribution in [1.29, 1.82) is 0 Å². The zero-order valence-corrected chi connectivity index (χ0v) is 9.48. The monoisotopic (exact) mass is 244 g/mol. The minimum absolute atomic E-state index is 0.0578. The van der Waals surface area contributed by atoms with E-state index in [9.17, 15) is 4.79 Å². The number of halogens is 1. The van der Waals surface area contributed by atoms with Crippen LogP contribution in [0.5, 0.6) is 0 Å². The highest BCUT2D eigenvalue weighted by Gasteiger charge is 2.15. The molecule has 0 amide bonds. The van der Waals surface area contributed by atoms with E-state index in [0.717, 1.165) is 0 Å². The second kappa shape index (κ2) is 4.95. The molecule has 1 aromatic rings. The van der Waals surface area contributed by atoms with Crippen LogP contribution in [0.15, 0.2) is 18.2 Å². The molecule has 0 aliphatic carbocycles. The predicted octanol–water partition coefficient (Wildman–Crippen LogP) is 1.78. The van der Waals surface area contributed by atoms with Crippen molar-refractivity contribution in [3.05, 3.63) is 28.8 Å². The van der Waals surface area contributed by atoms with Gasteiger partial charge in [0.15, 0.2) is 5.11 Å². The molecule has 0 heterocycles. The predicted molar refractivity (Wildman–Crippen MR) is 63.2 cm³/mol. The van der Waals surface area contributed by atoms with Crippen LogP contribution in [-0.2, 0) is 4.74 Å². The number of rotatable bonds is 2. The van der Waals surface area contributed by atoms with Crippen LogP contribution in [0.3, 0.4) is 0 Å². The summed E-state index contributed by atoms with van der Waals surface area (Å²) in [6.07, 6.45) is 0. The highest BCUT2D eigenvalue weighted by atomic mass is 35.5. The lowest BCUT2D eigenvalue weighted by molar-refractivity contribution is 0.0602. The Kier molecular flexibility index (Phi) is 3.88. The van der Waals surface area contributed by atoms with Gasteiger partial charge in [-0.15, -0.1) is 0 Å². The van der Waals surface area contributed by atoms with E-state index in [1.807, 2.05) is 0 Å². The van der Waals surface area contributed by atoms with Gasteiger partial charge in [0.25, 0.3) is 0 Å². The van der Waals surface area contributed by atoms with Crippen molar-refractivity contribution in [2.45, 2.75) is 0 Å². The van der Waals surface area contributed by atoms with Crippen LogP contribution >= 0.6 is 23.8 Å². The Morgan fingerprint density at radius 1 is 1.60 bits per heavy atom. The zero-order chi connectivity index (χ0) is 11.4. The lowest BCUT2D eigenvalue weighted by Gasteiger charge is -2.10. The first-order valence-electron chi connectivity index (χ1n) is 3.99. The number of nitrogens with two attached hydrogens (primary N) is 1. The van der Waals surface area contributed by atoms with Gasteiger partial charge in [0.1, 0.15) is 5.56 Å². The molecule has 4 nitrogen and oxygen atoms in total. The number of hydrogen-bond donors (Lipinski definition) is 2. The van der Waals surface area contributed by atoms with E-state index in [2.05, 4.69) is 22.3 Å². The maximum Gasteiger partial charge on any atom is 0.341 e. The number of carbonyl (C=O) groups excluding carboxylic acids is 1. The second-order valence-corrected chi connectivity index (χ2v) is 3.49. The van der Waals surface area contributed by atoms with Crippen molar-refractivity contribution in [3.63, 3.8) is 0 Å². The van der Waals surface area contributed by atoms with Crippen molar-refractivity contribution in [2.75, 3.05) is 12.4 Å². The van der Waals surface area contributed by atoms with Crippen LogP contribution in [-0.4, -0.2) is 18.2 Å². The SMILES string of the molecule is COC(=O)c1c(Cl)cccc1NC(N)=S. The number of nitrogens with one attached hydrogen (secondary N) is 1. The summed E-state index contributed by atoms with van der Waals surface area (Å²) in [5, 5.41) is 2.99. The van der Waals surface area contributed by atoms with Crippen LogP contribution in [0, 0.1) is 0 Å². The molecule has 0 saturated carbocycles. The molecule has 0 unspecified atom stereocenters. The highest BCUT2D eigenvalue weighted by Crippen LogP contribution is 2.24. The maximum absolute atomic E-state index is 11.4. The molecule has 0 aliphatic heterocycles. The van der Waals surface area contributed by atoms with E-state index in [1.165, 1.54) is 7.11 Å². The third kappa shape index (κ3) is 2.81. The normalized spacial score (nSPS) is 9.47. The second-order valence-electron chi connectivity index (χ2n) is 2.64. The van der Waals surface area contributed by atoms with Crippen LogP contribution in [0.2, 0.25) is 5.02 Å². The van der Waals surface area contributed by atoms with Crippen LogP contribution < -0.4 is 11.1 Å². The molecule has 1 rings (SSSR count). The third-order valence-corrected chi connectivity index (χ3v) is 2.08. The molecule has 0 bridgehead atoms. The molecule has 15 heavy (non-hydrogen) atoms. The number of methoxy groups -OCH3 is 1. The summed E-state index contributed by atoms with van der Waals surface area (Å²) in [5.41, 5.74) is 5.96. The number of anilines is 1. The Balaban J connectivity index is 3.20. The lowest BCUT2D eigenvalue weighted by Crippen LogP contribution is -2.21. The summed E-state index contributed by atoms with van der Waals surface area (Å²) in [6.45, 7) is 0. The summed E-state index contributed by atoms with van der Waals surface area (Å²) in [6, 6.07) is 4.89. The van der Waals surface area contributed by atoms with Gasteiger partial charge >= 0.3 is 5.97 Å². The van der Waals surface area contributed by atoms with Crippen molar-refractivity contribution in [2.24, 2.45) is 5.73 Å². The molecule has 1 aromatic carbocycles. The first-order chi connectivity index (χ1) is 7.06. The largest absolute Gasteiger partial charge is 0.465 e. The van der Waals surface area contributed by atoms with Gasteiger partial charge in [-0.05, 0) is 24.4 Å². The number of carbonyl (C=O) groups is 1. The van der Waals surface area contributed by atoms with Gasteiger partial charge in [0.05, 0.1) is 17.8 Å². The third-order valence-electron chi connectivity index (χ3n) is 1.66. The first-order valence-corrected chi connectivity index (χ1v) is 4.78. The van der Waals surface area contributed by atoms with Crippen LogP contribution in [0.1, 0.15) is 10.4 Å². The van der Waals surface area contributed by atoms with Gasteiger partial charge in [-0.25, -0.2) is 4.79 Å². The molecule has 0 atom stereocenters. The Morgan fingerprint density at radius 3 is 2.80 bits per heavy atom. The molecule has 0 radical (unpaired) electrons. The van der Waals surface area contributed by atoms with Gasteiger partial charge in [-0.3, -0.25) is 0 Å². The molecule has 0 saturated heterocycles. The van der Waals surface area contributed by atoms with E-state index >= 15 is 0 Å². The Bertz CT molecular complexity index is 409. The summed E-state index contributed by atoms with van der Waals surface area (Å²) in [4.78, 5) is 11.4. The zero-order valence-electron chi connectivity index (χ0n) is 7.91. The number of ether oxygens (including phenoxy) is 1. The highest BCUT2D eigenvalue weighted by molar-refractivity contribution is 7.80. The molecule has 0 aromatic heterocycles. The van der Waals surface area contributed by atoms with E-state index < -0.39 is 5.97 Å². The number of esters is 1. The number of hydrogen-bond acceptors (Lipinski definition) is 3. The fourth-order valence-corrected chi connectivity index (χ4v) is 1.43. The van der Waals surface area contributed by atoms with Crippen LogP contribution in [0.25, 0.3) is 0 Å². The first kappa shape index (κ1) is 11.7. The van der Waals surface area contributed by atoms with Gasteiger partial charge in [0, 0.05) is 0 Å². The van der Waals surface area contributed by atoms with Gasteiger partial charge in [0.2, 0.25) is 0 Å². The average molecular weight is 245 g/mol. The van der Waals surface area contributed by atoms with Crippen molar-refractivity contribution in [1.82, 2.24) is 0 Å². The number of benzene rings is 1.